The maximum atomic E-state index is 12.9. The molecule has 0 N–H and O–H groups in total. The van der Waals surface area contributed by atoms with E-state index in [1.54, 1.807) is 12.1 Å². The first kappa shape index (κ1) is 16.9. The number of halogens is 1. The molecule has 1 aromatic carbocycles. The van der Waals surface area contributed by atoms with Crippen LogP contribution in [0.4, 0.5) is 4.39 Å². The van der Waals surface area contributed by atoms with Gasteiger partial charge in [0.1, 0.15) is 18.2 Å². The quantitative estimate of drug-likeness (QED) is 0.784. The standard InChI is InChI=1S/C19H28FN5O/c20-17-1-3-18(4-2-17)26-10-9-21-7-5-16(6-8-21)19-24-12-22-11-23(14-24)15-25(19)13-22/h1-4,16,19H,5-15H2. The Morgan fingerprint density at radius 3 is 2.12 bits per heavy atom. The SMILES string of the molecule is Fc1ccc(OCCN2CCC(C3N4CN5CN(C4)CN3C5)CC2)cc1. The number of ether oxygens (including phenoxy) is 1. The molecule has 0 unspecified atom stereocenters. The smallest absolute Gasteiger partial charge is 0.123 e. The average molecular weight is 361 g/mol. The average Bonchev–Trinajstić information content (AvgIpc) is 2.64. The Labute approximate surface area is 154 Å². The Morgan fingerprint density at radius 2 is 1.50 bits per heavy atom. The highest BCUT2D eigenvalue weighted by atomic mass is 19.1. The fourth-order valence-electron chi connectivity index (χ4n) is 5.13. The zero-order valence-electron chi connectivity index (χ0n) is 15.3. The van der Waals surface area contributed by atoms with Gasteiger partial charge in [0.05, 0.1) is 39.5 Å². The highest BCUT2D eigenvalue weighted by Crippen LogP contribution is 2.34. The van der Waals surface area contributed by atoms with Crippen molar-refractivity contribution in [2.24, 2.45) is 5.92 Å². The summed E-state index contributed by atoms with van der Waals surface area (Å²) in [6.45, 7) is 9.64. The van der Waals surface area contributed by atoms with Crippen LogP contribution in [0.5, 0.6) is 5.75 Å². The molecule has 6 nitrogen and oxygen atoms in total. The first-order valence-corrected chi connectivity index (χ1v) is 9.78. The minimum atomic E-state index is -0.218. The van der Waals surface area contributed by atoms with Crippen molar-refractivity contribution >= 4 is 0 Å². The molecule has 5 aliphatic rings. The van der Waals surface area contributed by atoms with Crippen LogP contribution in [-0.2, 0) is 0 Å². The Hall–Kier alpha value is -1.25. The van der Waals surface area contributed by atoms with Gasteiger partial charge in [-0.15, -0.1) is 0 Å². The van der Waals surface area contributed by atoms with Gasteiger partial charge in [-0.05, 0) is 56.1 Å². The summed E-state index contributed by atoms with van der Waals surface area (Å²) in [5, 5.41) is 0. The molecule has 5 heterocycles. The van der Waals surface area contributed by atoms with E-state index in [-0.39, 0.29) is 5.82 Å². The van der Waals surface area contributed by atoms with E-state index >= 15 is 0 Å². The van der Waals surface area contributed by atoms with Crippen molar-refractivity contribution in [3.05, 3.63) is 30.1 Å². The van der Waals surface area contributed by atoms with Crippen LogP contribution in [0.1, 0.15) is 12.8 Å². The minimum absolute atomic E-state index is 0.218. The molecule has 0 saturated carbocycles. The van der Waals surface area contributed by atoms with Crippen LogP contribution in [0.25, 0.3) is 0 Å². The Kier molecular flexibility index (Phi) is 4.58. The molecule has 6 rings (SSSR count). The largest absolute Gasteiger partial charge is 0.492 e. The van der Waals surface area contributed by atoms with Crippen molar-refractivity contribution in [3.63, 3.8) is 0 Å². The maximum absolute atomic E-state index is 12.9. The fraction of sp³-hybridized carbons (Fsp3) is 0.684. The van der Waals surface area contributed by atoms with E-state index < -0.39 is 0 Å². The van der Waals surface area contributed by atoms with Gasteiger partial charge in [-0.3, -0.25) is 24.5 Å². The van der Waals surface area contributed by atoms with Gasteiger partial charge in [0.2, 0.25) is 0 Å². The number of likely N-dealkylation sites (tertiary alicyclic amines) is 1. The van der Waals surface area contributed by atoms with E-state index in [9.17, 15) is 4.39 Å². The van der Waals surface area contributed by atoms with Crippen LogP contribution < -0.4 is 4.74 Å². The number of piperidine rings is 1. The fourth-order valence-corrected chi connectivity index (χ4v) is 5.13. The lowest BCUT2D eigenvalue weighted by molar-refractivity contribution is -0.245. The lowest BCUT2D eigenvalue weighted by Crippen LogP contribution is -2.77. The van der Waals surface area contributed by atoms with E-state index in [0.29, 0.717) is 12.8 Å². The summed E-state index contributed by atoms with van der Waals surface area (Å²) in [5.74, 6) is 1.32. The summed E-state index contributed by atoms with van der Waals surface area (Å²) in [6, 6.07) is 6.29. The molecule has 0 amide bonds. The molecule has 5 saturated heterocycles. The van der Waals surface area contributed by atoms with Crippen molar-refractivity contribution in [1.29, 1.82) is 0 Å². The third kappa shape index (κ3) is 3.34. The molecule has 0 radical (unpaired) electrons. The molecule has 0 atom stereocenters. The van der Waals surface area contributed by atoms with Gasteiger partial charge < -0.3 is 4.74 Å². The highest BCUT2D eigenvalue weighted by Gasteiger charge is 2.46. The van der Waals surface area contributed by atoms with E-state index in [4.69, 9.17) is 4.74 Å². The van der Waals surface area contributed by atoms with E-state index in [1.807, 2.05) is 0 Å². The van der Waals surface area contributed by atoms with Crippen molar-refractivity contribution in [2.45, 2.75) is 19.0 Å². The minimum Gasteiger partial charge on any atom is -0.492 e. The first-order valence-electron chi connectivity index (χ1n) is 9.78. The summed E-state index contributed by atoms with van der Waals surface area (Å²) in [4.78, 5) is 12.9. The van der Waals surface area contributed by atoms with Crippen molar-refractivity contribution < 1.29 is 9.13 Å². The third-order valence-corrected chi connectivity index (χ3v) is 6.22. The topological polar surface area (TPSA) is 25.4 Å². The van der Waals surface area contributed by atoms with Crippen LogP contribution in [0.3, 0.4) is 0 Å². The van der Waals surface area contributed by atoms with Crippen LogP contribution in [0.2, 0.25) is 0 Å². The van der Waals surface area contributed by atoms with E-state index in [0.717, 1.165) is 64.6 Å². The number of rotatable bonds is 5. The van der Waals surface area contributed by atoms with Crippen LogP contribution >= 0.6 is 0 Å². The van der Waals surface area contributed by atoms with Gasteiger partial charge in [0.25, 0.3) is 0 Å². The van der Waals surface area contributed by atoms with Gasteiger partial charge in [-0.2, -0.15) is 0 Å². The van der Waals surface area contributed by atoms with Gasteiger partial charge in [0.15, 0.2) is 0 Å². The number of nitrogens with zero attached hydrogens (tertiary/aromatic N) is 5. The predicted molar refractivity (Wildman–Crippen MR) is 96.5 cm³/mol. The lowest BCUT2D eigenvalue weighted by Gasteiger charge is -2.62. The number of hydrogen-bond acceptors (Lipinski definition) is 6. The zero-order valence-corrected chi connectivity index (χ0v) is 15.3. The van der Waals surface area contributed by atoms with Gasteiger partial charge in [-0.25, -0.2) is 4.39 Å². The molecule has 4 bridgehead atoms. The molecule has 5 fully saturated rings. The molecule has 0 aliphatic carbocycles. The second-order valence-electron chi connectivity index (χ2n) is 8.12. The van der Waals surface area contributed by atoms with Crippen molar-refractivity contribution in [2.75, 3.05) is 59.6 Å². The van der Waals surface area contributed by atoms with Gasteiger partial charge in [0, 0.05) is 6.54 Å². The number of hydrogen-bond donors (Lipinski definition) is 0. The van der Waals surface area contributed by atoms with Crippen molar-refractivity contribution in [1.82, 2.24) is 24.5 Å². The molecule has 5 aliphatic heterocycles. The maximum Gasteiger partial charge on any atom is 0.123 e. The van der Waals surface area contributed by atoms with Gasteiger partial charge >= 0.3 is 0 Å². The second kappa shape index (κ2) is 7.05. The summed E-state index contributed by atoms with van der Waals surface area (Å²) in [7, 11) is 0. The highest BCUT2D eigenvalue weighted by molar-refractivity contribution is 5.21. The Bertz CT molecular complexity index is 591. The molecule has 0 spiro atoms. The Morgan fingerprint density at radius 1 is 0.885 bits per heavy atom. The summed E-state index contributed by atoms with van der Waals surface area (Å²) >= 11 is 0. The van der Waals surface area contributed by atoms with Gasteiger partial charge in [-0.1, -0.05) is 0 Å². The Balaban J connectivity index is 1.08. The van der Waals surface area contributed by atoms with Crippen LogP contribution in [-0.4, -0.2) is 90.2 Å². The zero-order chi connectivity index (χ0) is 17.5. The van der Waals surface area contributed by atoms with E-state index in [2.05, 4.69) is 24.5 Å². The third-order valence-electron chi connectivity index (χ3n) is 6.22. The lowest BCUT2D eigenvalue weighted by atomic mass is 9.91. The molecule has 0 aromatic heterocycles. The number of benzene rings is 1. The molecule has 7 heteroatoms. The first-order chi connectivity index (χ1) is 12.7. The van der Waals surface area contributed by atoms with Crippen LogP contribution in [0.15, 0.2) is 24.3 Å². The molecular formula is C19H28FN5O. The second-order valence-corrected chi connectivity index (χ2v) is 8.12. The monoisotopic (exact) mass is 361 g/mol. The predicted octanol–water partition coefficient (Wildman–Crippen LogP) is 1.28. The summed E-state index contributed by atoms with van der Waals surface area (Å²) < 4.78 is 18.7. The van der Waals surface area contributed by atoms with E-state index in [1.165, 1.54) is 25.0 Å². The molecule has 26 heavy (non-hydrogen) atoms. The normalized spacial score (nSPS) is 37.2. The van der Waals surface area contributed by atoms with Crippen molar-refractivity contribution in [3.8, 4) is 5.75 Å². The van der Waals surface area contributed by atoms with Crippen LogP contribution in [0, 0.1) is 11.7 Å². The molecule has 1 aromatic rings. The summed E-state index contributed by atoms with van der Waals surface area (Å²) in [5.41, 5.74) is 0. The molecule has 142 valence electrons. The molecular weight excluding hydrogens is 333 g/mol. The summed E-state index contributed by atoms with van der Waals surface area (Å²) in [6.07, 6.45) is 3.18.